The lowest BCUT2D eigenvalue weighted by atomic mass is 9.77. The van der Waals surface area contributed by atoms with Crippen LogP contribution in [0.4, 0.5) is 0 Å². The lowest BCUT2D eigenvalue weighted by Gasteiger charge is -2.34. The average Bonchev–Trinajstić information content (AvgIpc) is 2.39. The molecule has 0 aliphatic heterocycles. The molecule has 1 aromatic carbocycles. The molecular weight excluding hydrogens is 302 g/mol. The summed E-state index contributed by atoms with van der Waals surface area (Å²) in [4.78, 5) is 4.21. The molecule has 1 aliphatic rings. The number of aryl methyl sites for hydroxylation is 2. The third-order valence-corrected chi connectivity index (χ3v) is 4.36. The van der Waals surface area contributed by atoms with Crippen molar-refractivity contribution in [3.8, 4) is 0 Å². The molecule has 19 heavy (non-hydrogen) atoms. The lowest BCUT2D eigenvalue weighted by Crippen LogP contribution is -2.33. The molecule has 0 saturated heterocycles. The maximum absolute atomic E-state index is 10.9. The van der Waals surface area contributed by atoms with Crippen molar-refractivity contribution < 1.29 is 5.11 Å². The molecule has 1 N–H and O–H groups in total. The van der Waals surface area contributed by atoms with Crippen molar-refractivity contribution in [3.63, 3.8) is 0 Å². The Morgan fingerprint density at radius 3 is 2.84 bits per heavy atom. The predicted molar refractivity (Wildman–Crippen MR) is 79.0 cm³/mol. The molecule has 98 valence electrons. The number of aromatic nitrogens is 1. The van der Waals surface area contributed by atoms with Gasteiger partial charge >= 0.3 is 0 Å². The molecule has 1 unspecified atom stereocenters. The van der Waals surface area contributed by atoms with Gasteiger partial charge in [-0.1, -0.05) is 28.1 Å². The van der Waals surface area contributed by atoms with Crippen molar-refractivity contribution in [2.24, 2.45) is 0 Å². The third-order valence-electron chi connectivity index (χ3n) is 3.87. The molecule has 3 rings (SSSR count). The highest BCUT2D eigenvalue weighted by atomic mass is 79.9. The first-order valence-electron chi connectivity index (χ1n) is 6.49. The molecular formula is C16H16BrNO. The van der Waals surface area contributed by atoms with E-state index in [1.807, 2.05) is 25.3 Å². The fourth-order valence-electron chi connectivity index (χ4n) is 2.80. The summed E-state index contributed by atoms with van der Waals surface area (Å²) in [6.45, 7) is 2.01. The Morgan fingerprint density at radius 1 is 1.21 bits per heavy atom. The Labute approximate surface area is 121 Å². The number of fused-ring (bicyclic) bond motifs is 1. The van der Waals surface area contributed by atoms with Gasteiger partial charge in [0.25, 0.3) is 0 Å². The number of hydrogen-bond donors (Lipinski definition) is 1. The van der Waals surface area contributed by atoms with Gasteiger partial charge in [-0.3, -0.25) is 4.98 Å². The third kappa shape index (κ3) is 2.45. The molecule has 0 fully saturated rings. The standard InChI is InChI=1S/C16H16BrNO/c1-11-6-14(10-18-9-11)16(19)5-4-12-7-15(17)3-2-13(12)8-16/h2-3,6-7,9-10,19H,4-5,8H2,1H3. The number of benzene rings is 1. The monoisotopic (exact) mass is 317 g/mol. The number of nitrogens with zero attached hydrogens (tertiary/aromatic N) is 1. The Hall–Kier alpha value is -1.19. The summed E-state index contributed by atoms with van der Waals surface area (Å²) in [6.07, 6.45) is 5.93. The smallest absolute Gasteiger partial charge is 0.0954 e. The van der Waals surface area contributed by atoms with Crippen molar-refractivity contribution in [1.82, 2.24) is 4.98 Å². The van der Waals surface area contributed by atoms with Crippen molar-refractivity contribution in [3.05, 3.63) is 63.4 Å². The molecule has 1 aromatic heterocycles. The van der Waals surface area contributed by atoms with Gasteiger partial charge in [-0.15, -0.1) is 0 Å². The van der Waals surface area contributed by atoms with Crippen molar-refractivity contribution in [2.75, 3.05) is 0 Å². The van der Waals surface area contributed by atoms with Crippen LogP contribution in [0.3, 0.4) is 0 Å². The minimum atomic E-state index is -0.778. The second-order valence-electron chi connectivity index (χ2n) is 5.37. The zero-order chi connectivity index (χ0) is 13.5. The molecule has 1 atom stereocenters. The van der Waals surface area contributed by atoms with Gasteiger partial charge < -0.3 is 5.11 Å². The van der Waals surface area contributed by atoms with Crippen LogP contribution in [-0.4, -0.2) is 10.1 Å². The van der Waals surface area contributed by atoms with Gasteiger partial charge in [0.05, 0.1) is 5.60 Å². The van der Waals surface area contributed by atoms with E-state index in [2.05, 4.69) is 33.0 Å². The van der Waals surface area contributed by atoms with Gasteiger partial charge in [0.15, 0.2) is 0 Å². The van der Waals surface area contributed by atoms with Crippen LogP contribution in [0.25, 0.3) is 0 Å². The minimum Gasteiger partial charge on any atom is -0.385 e. The van der Waals surface area contributed by atoms with Crippen molar-refractivity contribution in [2.45, 2.75) is 31.8 Å². The predicted octanol–water partition coefficient (Wildman–Crippen LogP) is 3.53. The first-order chi connectivity index (χ1) is 9.07. The Morgan fingerprint density at radius 2 is 2.05 bits per heavy atom. The number of halogens is 1. The number of aliphatic hydroxyl groups is 1. The maximum Gasteiger partial charge on any atom is 0.0954 e. The molecule has 0 bridgehead atoms. The molecule has 1 heterocycles. The van der Waals surface area contributed by atoms with E-state index in [0.29, 0.717) is 6.42 Å². The second-order valence-corrected chi connectivity index (χ2v) is 6.29. The lowest BCUT2D eigenvalue weighted by molar-refractivity contribution is 0.0218. The summed E-state index contributed by atoms with van der Waals surface area (Å²) in [5.41, 5.74) is 3.81. The molecule has 0 radical (unpaired) electrons. The molecule has 3 heteroatoms. The molecule has 2 aromatic rings. The van der Waals surface area contributed by atoms with Crippen LogP contribution in [0.2, 0.25) is 0 Å². The van der Waals surface area contributed by atoms with Crippen molar-refractivity contribution in [1.29, 1.82) is 0 Å². The molecule has 2 nitrogen and oxygen atoms in total. The number of hydrogen-bond acceptors (Lipinski definition) is 2. The normalized spacial score (nSPS) is 22.1. The fraction of sp³-hybridized carbons (Fsp3) is 0.312. The molecule has 0 spiro atoms. The second kappa shape index (κ2) is 4.73. The minimum absolute atomic E-state index is 0.667. The number of pyridine rings is 1. The summed E-state index contributed by atoms with van der Waals surface area (Å²) >= 11 is 3.50. The molecule has 0 amide bonds. The van der Waals surface area contributed by atoms with E-state index in [1.54, 1.807) is 6.20 Å². The summed E-state index contributed by atoms with van der Waals surface area (Å²) in [7, 11) is 0. The Balaban J connectivity index is 1.98. The largest absolute Gasteiger partial charge is 0.385 e. The van der Waals surface area contributed by atoms with Crippen molar-refractivity contribution >= 4 is 15.9 Å². The molecule has 0 saturated carbocycles. The summed E-state index contributed by atoms with van der Waals surface area (Å²) in [5, 5.41) is 10.9. The highest BCUT2D eigenvalue weighted by Gasteiger charge is 2.34. The Kier molecular flexibility index (Phi) is 3.19. The zero-order valence-corrected chi connectivity index (χ0v) is 12.4. The van der Waals surface area contributed by atoms with Gasteiger partial charge in [-0.25, -0.2) is 0 Å². The van der Waals surface area contributed by atoms with Crippen LogP contribution < -0.4 is 0 Å². The van der Waals surface area contributed by atoms with Crippen LogP contribution in [0.1, 0.15) is 28.7 Å². The maximum atomic E-state index is 10.9. The topological polar surface area (TPSA) is 33.1 Å². The highest BCUT2D eigenvalue weighted by molar-refractivity contribution is 9.10. The van der Waals surface area contributed by atoms with Crippen LogP contribution in [0, 0.1) is 6.92 Å². The highest BCUT2D eigenvalue weighted by Crippen LogP contribution is 2.37. The van der Waals surface area contributed by atoms with Gasteiger partial charge in [-0.2, -0.15) is 0 Å². The summed E-state index contributed by atoms with van der Waals surface area (Å²) in [5.74, 6) is 0. The Bertz CT molecular complexity index is 626. The first kappa shape index (κ1) is 12.8. The van der Waals surface area contributed by atoms with E-state index in [1.165, 1.54) is 11.1 Å². The van der Waals surface area contributed by atoms with Gasteiger partial charge in [0.1, 0.15) is 0 Å². The van der Waals surface area contributed by atoms with Crippen LogP contribution in [0.5, 0.6) is 0 Å². The van der Waals surface area contributed by atoms with E-state index in [-0.39, 0.29) is 0 Å². The van der Waals surface area contributed by atoms with E-state index in [0.717, 1.165) is 28.4 Å². The van der Waals surface area contributed by atoms with Crippen LogP contribution in [-0.2, 0) is 18.4 Å². The summed E-state index contributed by atoms with van der Waals surface area (Å²) < 4.78 is 1.11. The van der Waals surface area contributed by atoms with E-state index in [9.17, 15) is 5.11 Å². The summed E-state index contributed by atoms with van der Waals surface area (Å²) in [6, 6.07) is 8.34. The molecule has 1 aliphatic carbocycles. The van der Waals surface area contributed by atoms with Crippen LogP contribution >= 0.6 is 15.9 Å². The number of rotatable bonds is 1. The first-order valence-corrected chi connectivity index (χ1v) is 7.28. The van der Waals surface area contributed by atoms with Crippen LogP contribution in [0.15, 0.2) is 41.1 Å². The van der Waals surface area contributed by atoms with Gasteiger partial charge in [0, 0.05) is 28.9 Å². The van der Waals surface area contributed by atoms with E-state index >= 15 is 0 Å². The van der Waals surface area contributed by atoms with Gasteiger partial charge in [-0.05, 0) is 48.6 Å². The SMILES string of the molecule is Cc1cncc(C2(O)CCc3cc(Br)ccc3C2)c1. The fourth-order valence-corrected chi connectivity index (χ4v) is 3.21. The van der Waals surface area contributed by atoms with E-state index in [4.69, 9.17) is 0 Å². The van der Waals surface area contributed by atoms with E-state index < -0.39 is 5.60 Å². The average molecular weight is 318 g/mol. The quantitative estimate of drug-likeness (QED) is 0.872. The van der Waals surface area contributed by atoms with Gasteiger partial charge in [0.2, 0.25) is 0 Å². The zero-order valence-electron chi connectivity index (χ0n) is 10.9.